The Labute approximate surface area is 48.2 Å². The zero-order valence-electron chi connectivity index (χ0n) is 4.81. The van der Waals surface area contributed by atoms with E-state index in [1.54, 1.807) is 0 Å². The lowest BCUT2D eigenvalue weighted by molar-refractivity contribution is -0.287. The Hall–Kier alpha value is -0.540. The minimum atomic E-state index is 0.442. The lowest BCUT2D eigenvalue weighted by Crippen LogP contribution is -2.07. The summed E-state index contributed by atoms with van der Waals surface area (Å²) in [5.74, 6) is 0. The standard InChI is InChI=1S/C5H9NO2/c1-5-2-6-4-8-7-3-5/h2,6H,3-4H2,1H3. The van der Waals surface area contributed by atoms with Crippen LogP contribution in [0.3, 0.4) is 0 Å². The predicted octanol–water partition coefficient (Wildman–Crippen LogP) is 0.399. The molecule has 1 aliphatic heterocycles. The van der Waals surface area contributed by atoms with E-state index in [4.69, 9.17) is 0 Å². The molecule has 0 amide bonds. The molecule has 8 heavy (non-hydrogen) atoms. The fourth-order valence-electron chi connectivity index (χ4n) is 0.468. The highest BCUT2D eigenvalue weighted by Gasteiger charge is 1.94. The van der Waals surface area contributed by atoms with E-state index in [2.05, 4.69) is 15.1 Å². The van der Waals surface area contributed by atoms with Gasteiger partial charge in [0.2, 0.25) is 0 Å². The summed E-state index contributed by atoms with van der Waals surface area (Å²) in [7, 11) is 0. The highest BCUT2D eigenvalue weighted by atomic mass is 17.2. The second-order valence-corrected chi connectivity index (χ2v) is 1.72. The van der Waals surface area contributed by atoms with E-state index in [-0.39, 0.29) is 0 Å². The first-order valence-electron chi connectivity index (χ1n) is 2.53. The Kier molecular flexibility index (Phi) is 1.88. The summed E-state index contributed by atoms with van der Waals surface area (Å²) in [6.07, 6.45) is 1.88. The zero-order valence-corrected chi connectivity index (χ0v) is 4.81. The summed E-state index contributed by atoms with van der Waals surface area (Å²) >= 11 is 0. The third kappa shape index (κ3) is 1.52. The molecule has 0 aromatic carbocycles. The van der Waals surface area contributed by atoms with Gasteiger partial charge in [-0.15, -0.1) is 0 Å². The van der Waals surface area contributed by atoms with Crippen LogP contribution in [-0.2, 0) is 9.78 Å². The maximum atomic E-state index is 4.68. The normalized spacial score (nSPS) is 20.9. The molecule has 1 heterocycles. The van der Waals surface area contributed by atoms with E-state index in [1.807, 2.05) is 13.1 Å². The maximum absolute atomic E-state index is 4.68. The number of hydrogen-bond acceptors (Lipinski definition) is 3. The Bertz CT molecular complexity index is 101. The molecule has 1 N–H and O–H groups in total. The molecule has 3 heteroatoms. The van der Waals surface area contributed by atoms with Crippen molar-refractivity contribution in [3.63, 3.8) is 0 Å². The van der Waals surface area contributed by atoms with Gasteiger partial charge in [-0.25, -0.2) is 9.78 Å². The van der Waals surface area contributed by atoms with Crippen LogP contribution in [0.15, 0.2) is 11.8 Å². The molecule has 0 aliphatic carbocycles. The fourth-order valence-corrected chi connectivity index (χ4v) is 0.468. The van der Waals surface area contributed by atoms with Gasteiger partial charge in [-0.05, 0) is 18.7 Å². The average Bonchev–Trinajstić information content (AvgIpc) is 1.94. The first-order valence-corrected chi connectivity index (χ1v) is 2.53. The Morgan fingerprint density at radius 3 is 3.38 bits per heavy atom. The van der Waals surface area contributed by atoms with Gasteiger partial charge in [0.25, 0.3) is 0 Å². The van der Waals surface area contributed by atoms with Crippen LogP contribution in [-0.4, -0.2) is 13.3 Å². The molecule has 1 aliphatic rings. The molecule has 1 rings (SSSR count). The van der Waals surface area contributed by atoms with Gasteiger partial charge in [-0.3, -0.25) is 0 Å². The molecule has 0 aromatic heterocycles. The first kappa shape index (κ1) is 5.59. The molecule has 0 fully saturated rings. The average molecular weight is 115 g/mol. The molecule has 0 saturated carbocycles. The third-order valence-electron chi connectivity index (χ3n) is 0.861. The van der Waals surface area contributed by atoms with Crippen molar-refractivity contribution in [1.29, 1.82) is 0 Å². The van der Waals surface area contributed by atoms with Gasteiger partial charge >= 0.3 is 0 Å². The van der Waals surface area contributed by atoms with Crippen LogP contribution in [0, 0.1) is 0 Å². The van der Waals surface area contributed by atoms with Crippen LogP contribution >= 0.6 is 0 Å². The van der Waals surface area contributed by atoms with Crippen LogP contribution in [0.2, 0.25) is 0 Å². The molecule has 0 saturated heterocycles. The summed E-state index contributed by atoms with van der Waals surface area (Å²) in [4.78, 5) is 9.28. The molecule has 0 unspecified atom stereocenters. The smallest absolute Gasteiger partial charge is 0.151 e. The van der Waals surface area contributed by atoms with Gasteiger partial charge in [0.05, 0.1) is 0 Å². The maximum Gasteiger partial charge on any atom is 0.151 e. The van der Waals surface area contributed by atoms with Crippen LogP contribution in [0.1, 0.15) is 6.92 Å². The largest absolute Gasteiger partial charge is 0.366 e. The molecule has 0 bridgehead atoms. The van der Waals surface area contributed by atoms with Crippen molar-refractivity contribution in [3.8, 4) is 0 Å². The highest BCUT2D eigenvalue weighted by Crippen LogP contribution is 1.94. The van der Waals surface area contributed by atoms with E-state index >= 15 is 0 Å². The Morgan fingerprint density at radius 2 is 2.50 bits per heavy atom. The van der Waals surface area contributed by atoms with Crippen molar-refractivity contribution in [3.05, 3.63) is 11.8 Å². The molecular formula is C5H9NO2. The fraction of sp³-hybridized carbons (Fsp3) is 0.600. The SMILES string of the molecule is CC1=CNCOOC1. The number of hydrogen-bond donors (Lipinski definition) is 1. The van der Waals surface area contributed by atoms with Gasteiger partial charge in [0.1, 0.15) is 6.61 Å². The number of rotatable bonds is 0. The van der Waals surface area contributed by atoms with Gasteiger partial charge in [0, 0.05) is 0 Å². The van der Waals surface area contributed by atoms with Crippen LogP contribution in [0.25, 0.3) is 0 Å². The quantitative estimate of drug-likeness (QED) is 0.463. The molecular weight excluding hydrogens is 106 g/mol. The Balaban J connectivity index is 2.36. The van der Waals surface area contributed by atoms with Gasteiger partial charge in [0.15, 0.2) is 6.73 Å². The molecule has 0 aromatic rings. The molecule has 0 atom stereocenters. The molecule has 3 nitrogen and oxygen atoms in total. The van der Waals surface area contributed by atoms with Crippen molar-refractivity contribution in [2.24, 2.45) is 0 Å². The van der Waals surface area contributed by atoms with Gasteiger partial charge in [-0.1, -0.05) is 0 Å². The second kappa shape index (κ2) is 2.69. The summed E-state index contributed by atoms with van der Waals surface area (Å²) in [5, 5.41) is 2.89. The monoisotopic (exact) mass is 115 g/mol. The van der Waals surface area contributed by atoms with E-state index in [0.29, 0.717) is 13.3 Å². The lowest BCUT2D eigenvalue weighted by Gasteiger charge is -1.94. The zero-order chi connectivity index (χ0) is 5.82. The van der Waals surface area contributed by atoms with Crippen LogP contribution in [0.5, 0.6) is 0 Å². The van der Waals surface area contributed by atoms with Crippen LogP contribution < -0.4 is 5.32 Å². The Morgan fingerprint density at radius 1 is 1.62 bits per heavy atom. The topological polar surface area (TPSA) is 30.5 Å². The molecule has 46 valence electrons. The lowest BCUT2D eigenvalue weighted by atomic mass is 10.4. The summed E-state index contributed by atoms with van der Waals surface area (Å²) in [6, 6.07) is 0. The predicted molar refractivity (Wildman–Crippen MR) is 28.8 cm³/mol. The van der Waals surface area contributed by atoms with Gasteiger partial charge in [-0.2, -0.15) is 0 Å². The van der Waals surface area contributed by atoms with E-state index in [9.17, 15) is 0 Å². The molecule has 0 spiro atoms. The van der Waals surface area contributed by atoms with E-state index in [1.165, 1.54) is 0 Å². The summed E-state index contributed by atoms with van der Waals surface area (Å²) in [5.41, 5.74) is 1.14. The van der Waals surface area contributed by atoms with Crippen molar-refractivity contribution >= 4 is 0 Å². The summed E-state index contributed by atoms with van der Waals surface area (Å²) in [6.45, 7) is 2.98. The molecule has 0 radical (unpaired) electrons. The number of nitrogens with one attached hydrogen (secondary N) is 1. The van der Waals surface area contributed by atoms with Crippen molar-refractivity contribution in [2.45, 2.75) is 6.92 Å². The minimum absolute atomic E-state index is 0.442. The summed E-state index contributed by atoms with van der Waals surface area (Å²) < 4.78 is 0. The van der Waals surface area contributed by atoms with E-state index in [0.717, 1.165) is 5.57 Å². The highest BCUT2D eigenvalue weighted by molar-refractivity contribution is 4.96. The first-order chi connectivity index (χ1) is 3.89. The van der Waals surface area contributed by atoms with Crippen molar-refractivity contribution in [2.75, 3.05) is 13.3 Å². The third-order valence-corrected chi connectivity index (χ3v) is 0.861. The second-order valence-electron chi connectivity index (χ2n) is 1.72. The van der Waals surface area contributed by atoms with E-state index < -0.39 is 0 Å². The minimum Gasteiger partial charge on any atom is -0.366 e. The van der Waals surface area contributed by atoms with Crippen LogP contribution in [0.4, 0.5) is 0 Å². The van der Waals surface area contributed by atoms with Crippen molar-refractivity contribution in [1.82, 2.24) is 5.32 Å². The van der Waals surface area contributed by atoms with Gasteiger partial charge < -0.3 is 5.32 Å². The van der Waals surface area contributed by atoms with Crippen molar-refractivity contribution < 1.29 is 9.78 Å².